The average Bonchev–Trinajstić information content (AvgIpc) is 2.98. The number of fused-ring (bicyclic) bond motifs is 2. The third kappa shape index (κ3) is 6.06. The van der Waals surface area contributed by atoms with Crippen LogP contribution in [0, 0.1) is 0 Å². The van der Waals surface area contributed by atoms with E-state index in [-0.39, 0.29) is 19.6 Å². The van der Waals surface area contributed by atoms with Crippen LogP contribution in [0.25, 0.3) is 10.9 Å². The average molecular weight is 524 g/mol. The minimum atomic E-state index is -0.976. The number of esters is 1. The summed E-state index contributed by atoms with van der Waals surface area (Å²) in [5.74, 6) is -1.05. The smallest absolute Gasteiger partial charge is 0.411 e. The maximum absolute atomic E-state index is 13.6. The molecule has 0 spiro atoms. The van der Waals surface area contributed by atoms with Crippen molar-refractivity contribution in [2.24, 2.45) is 0 Å². The van der Waals surface area contributed by atoms with Crippen molar-refractivity contribution in [2.45, 2.75) is 38.1 Å². The van der Waals surface area contributed by atoms with Gasteiger partial charge in [-0.25, -0.2) is 9.59 Å². The Bertz CT molecular complexity index is 1490. The largest absolute Gasteiger partial charge is 0.467 e. The minimum Gasteiger partial charge on any atom is -0.467 e. The van der Waals surface area contributed by atoms with Gasteiger partial charge in [-0.15, -0.1) is 0 Å². The second kappa shape index (κ2) is 11.8. The molecule has 0 bridgehead atoms. The predicted octanol–water partition coefficient (Wildman–Crippen LogP) is 4.20. The van der Waals surface area contributed by atoms with Gasteiger partial charge in [-0.3, -0.25) is 14.7 Å². The second-order valence-electron chi connectivity index (χ2n) is 9.44. The van der Waals surface area contributed by atoms with Gasteiger partial charge in [-0.1, -0.05) is 78.9 Å². The number of carbonyl (C=O) groups is 3. The Kier molecular flexibility index (Phi) is 7.82. The lowest BCUT2D eigenvalue weighted by Gasteiger charge is -2.35. The highest BCUT2D eigenvalue weighted by Crippen LogP contribution is 2.25. The van der Waals surface area contributed by atoms with Crippen molar-refractivity contribution in [1.29, 1.82) is 0 Å². The first-order valence-corrected chi connectivity index (χ1v) is 12.8. The first-order valence-electron chi connectivity index (χ1n) is 12.8. The first kappa shape index (κ1) is 25.9. The van der Waals surface area contributed by atoms with Crippen molar-refractivity contribution in [1.82, 2.24) is 15.2 Å². The van der Waals surface area contributed by atoms with E-state index in [4.69, 9.17) is 9.47 Å². The molecule has 3 aromatic carbocycles. The summed E-state index contributed by atoms with van der Waals surface area (Å²) >= 11 is 0. The normalized spacial score (nSPS) is 15.2. The Morgan fingerprint density at radius 2 is 1.64 bits per heavy atom. The zero-order chi connectivity index (χ0) is 27.2. The molecule has 1 aliphatic heterocycles. The van der Waals surface area contributed by atoms with E-state index in [1.165, 1.54) is 12.0 Å². The van der Waals surface area contributed by atoms with E-state index in [0.29, 0.717) is 12.1 Å². The quantitative estimate of drug-likeness (QED) is 0.365. The molecule has 1 aliphatic rings. The number of hydrogen-bond donors (Lipinski definition) is 1. The van der Waals surface area contributed by atoms with Gasteiger partial charge in [0, 0.05) is 23.9 Å². The van der Waals surface area contributed by atoms with Gasteiger partial charge in [0.05, 0.1) is 19.2 Å². The van der Waals surface area contributed by atoms with E-state index in [0.717, 1.165) is 27.6 Å². The van der Waals surface area contributed by atoms with E-state index in [9.17, 15) is 14.4 Å². The highest BCUT2D eigenvalue weighted by Gasteiger charge is 2.37. The molecule has 0 saturated heterocycles. The summed E-state index contributed by atoms with van der Waals surface area (Å²) in [6, 6.07) is 26.6. The van der Waals surface area contributed by atoms with Crippen LogP contribution in [0.1, 0.15) is 22.4 Å². The van der Waals surface area contributed by atoms with Gasteiger partial charge in [0.2, 0.25) is 5.91 Å². The van der Waals surface area contributed by atoms with Crippen molar-refractivity contribution in [3.05, 3.63) is 113 Å². The van der Waals surface area contributed by atoms with Crippen LogP contribution in [0.2, 0.25) is 0 Å². The number of carbonyl (C=O) groups excluding carboxylic acids is 3. The third-order valence-corrected chi connectivity index (χ3v) is 6.86. The molecule has 0 fully saturated rings. The van der Waals surface area contributed by atoms with Crippen LogP contribution in [0.3, 0.4) is 0 Å². The number of rotatable bonds is 7. The summed E-state index contributed by atoms with van der Waals surface area (Å²) in [6.07, 6.45) is -0.158. The molecule has 0 aliphatic carbocycles. The molecule has 1 N–H and O–H groups in total. The number of amides is 2. The van der Waals surface area contributed by atoms with Crippen LogP contribution in [0.15, 0.2) is 91.0 Å². The molecule has 2 heterocycles. The lowest BCUT2D eigenvalue weighted by atomic mass is 9.93. The summed E-state index contributed by atoms with van der Waals surface area (Å²) in [6.45, 7) is 0.307. The summed E-state index contributed by atoms with van der Waals surface area (Å²) in [5, 5.41) is 3.80. The summed E-state index contributed by atoms with van der Waals surface area (Å²) in [5.41, 5.74) is 4.19. The van der Waals surface area contributed by atoms with Gasteiger partial charge in [-0.2, -0.15) is 0 Å². The van der Waals surface area contributed by atoms with Gasteiger partial charge in [-0.05, 0) is 28.8 Å². The Morgan fingerprint density at radius 3 is 2.44 bits per heavy atom. The van der Waals surface area contributed by atoms with E-state index >= 15 is 0 Å². The topological polar surface area (TPSA) is 97.8 Å². The van der Waals surface area contributed by atoms with Crippen LogP contribution in [-0.2, 0) is 45.1 Å². The number of benzene rings is 3. The number of aromatic nitrogens is 1. The maximum atomic E-state index is 13.6. The molecule has 5 rings (SSSR count). The zero-order valence-corrected chi connectivity index (χ0v) is 21.6. The molecule has 8 nitrogen and oxygen atoms in total. The van der Waals surface area contributed by atoms with Gasteiger partial charge in [0.25, 0.3) is 0 Å². The first-order chi connectivity index (χ1) is 19.0. The second-order valence-corrected chi connectivity index (χ2v) is 9.44. The van der Waals surface area contributed by atoms with E-state index in [2.05, 4.69) is 10.3 Å². The maximum Gasteiger partial charge on any atom is 0.411 e. The summed E-state index contributed by atoms with van der Waals surface area (Å²) < 4.78 is 10.6. The summed E-state index contributed by atoms with van der Waals surface area (Å²) in [4.78, 5) is 45.6. The fraction of sp³-hybridized carbons (Fsp3) is 0.226. The number of ether oxygens (including phenoxy) is 2. The molecule has 0 saturated carbocycles. The number of nitrogens with zero attached hydrogens (tertiary/aromatic N) is 2. The highest BCUT2D eigenvalue weighted by molar-refractivity contribution is 5.90. The van der Waals surface area contributed by atoms with E-state index in [1.54, 1.807) is 0 Å². The number of hydrogen-bond acceptors (Lipinski definition) is 6. The molecule has 39 heavy (non-hydrogen) atoms. The van der Waals surface area contributed by atoms with E-state index < -0.39 is 30.1 Å². The standard InChI is InChI=1S/C31H29N3O5/c1-38-30(36)27(18-25-16-15-22-11-7-8-14-26(22)32-25)33-29(35)28-17-23-12-5-6-13-24(23)19-34(28)31(37)39-20-21-9-3-2-4-10-21/h2-16,27-28H,17-20H2,1H3,(H,33,35)/t27-,28+/m1/s1. The van der Waals surface area contributed by atoms with Gasteiger partial charge < -0.3 is 14.8 Å². The van der Waals surface area contributed by atoms with Crippen molar-refractivity contribution in [2.75, 3.05) is 7.11 Å². The number of pyridine rings is 1. The number of nitrogens with one attached hydrogen (secondary N) is 1. The predicted molar refractivity (Wildman–Crippen MR) is 145 cm³/mol. The number of methoxy groups -OCH3 is 1. The van der Waals surface area contributed by atoms with Crippen molar-refractivity contribution >= 4 is 28.9 Å². The monoisotopic (exact) mass is 523 g/mol. The molecule has 2 amide bonds. The Balaban J connectivity index is 1.35. The van der Waals surface area contributed by atoms with Crippen LogP contribution in [-0.4, -0.2) is 47.0 Å². The van der Waals surface area contributed by atoms with Gasteiger partial charge >= 0.3 is 12.1 Å². The lowest BCUT2D eigenvalue weighted by Crippen LogP contribution is -2.56. The fourth-order valence-corrected chi connectivity index (χ4v) is 4.79. The van der Waals surface area contributed by atoms with Crippen molar-refractivity contribution in [3.63, 3.8) is 0 Å². The molecule has 1 aromatic heterocycles. The Labute approximate surface area is 226 Å². The molecular weight excluding hydrogens is 494 g/mol. The molecule has 4 aromatic rings. The van der Waals surface area contributed by atoms with Crippen LogP contribution in [0.5, 0.6) is 0 Å². The Hall–Kier alpha value is -4.72. The molecule has 8 heteroatoms. The van der Waals surface area contributed by atoms with Gasteiger partial charge in [0.1, 0.15) is 18.7 Å². The molecule has 0 unspecified atom stereocenters. The van der Waals surface area contributed by atoms with Crippen LogP contribution < -0.4 is 5.32 Å². The molecule has 2 atom stereocenters. The zero-order valence-electron chi connectivity index (χ0n) is 21.6. The van der Waals surface area contributed by atoms with E-state index in [1.807, 2.05) is 91.0 Å². The van der Waals surface area contributed by atoms with Gasteiger partial charge in [0.15, 0.2) is 0 Å². The van der Waals surface area contributed by atoms with Crippen molar-refractivity contribution in [3.8, 4) is 0 Å². The molecular formula is C31H29N3O5. The number of para-hydroxylation sites is 1. The highest BCUT2D eigenvalue weighted by atomic mass is 16.6. The fourth-order valence-electron chi connectivity index (χ4n) is 4.79. The van der Waals surface area contributed by atoms with Crippen LogP contribution >= 0.6 is 0 Å². The SMILES string of the molecule is COC(=O)[C@@H](Cc1ccc2ccccc2n1)NC(=O)[C@@H]1Cc2ccccc2CN1C(=O)OCc1ccccc1. The van der Waals surface area contributed by atoms with Crippen molar-refractivity contribution < 1.29 is 23.9 Å². The molecule has 0 radical (unpaired) electrons. The summed E-state index contributed by atoms with van der Waals surface area (Å²) in [7, 11) is 1.28. The minimum absolute atomic E-state index is 0.0879. The Morgan fingerprint density at radius 1 is 0.923 bits per heavy atom. The lowest BCUT2D eigenvalue weighted by molar-refractivity contribution is -0.145. The third-order valence-electron chi connectivity index (χ3n) is 6.86. The van der Waals surface area contributed by atoms with Crippen LogP contribution in [0.4, 0.5) is 4.79 Å². The molecule has 198 valence electrons.